The third-order valence-electron chi connectivity index (χ3n) is 2.10. The Labute approximate surface area is 74.6 Å². The molecule has 70 valence electrons. The Morgan fingerprint density at radius 1 is 1.25 bits per heavy atom. The first-order valence-corrected chi connectivity index (χ1v) is 4.78. The topological polar surface area (TPSA) is 18.5 Å². The van der Waals surface area contributed by atoms with Gasteiger partial charge in [-0.1, -0.05) is 26.3 Å². The van der Waals surface area contributed by atoms with Gasteiger partial charge in [0.2, 0.25) is 0 Å². The van der Waals surface area contributed by atoms with Crippen molar-refractivity contribution >= 4 is 0 Å². The number of ether oxygens (including phenoxy) is 2. The third kappa shape index (κ3) is 2.32. The summed E-state index contributed by atoms with van der Waals surface area (Å²) >= 11 is 0. The predicted octanol–water partition coefficient (Wildman–Crippen LogP) is 2.50. The molecule has 0 radical (unpaired) electrons. The lowest BCUT2D eigenvalue weighted by Crippen LogP contribution is -2.25. The molecule has 1 aliphatic rings. The first-order chi connectivity index (χ1) is 5.83. The highest BCUT2D eigenvalue weighted by molar-refractivity contribution is 4.97. The Balaban J connectivity index is 2.43. The van der Waals surface area contributed by atoms with E-state index in [0.29, 0.717) is 0 Å². The van der Waals surface area contributed by atoms with Crippen LogP contribution >= 0.6 is 0 Å². The summed E-state index contributed by atoms with van der Waals surface area (Å²) in [4.78, 5) is 0. The normalized spacial score (nSPS) is 22.2. The maximum absolute atomic E-state index is 5.53. The van der Waals surface area contributed by atoms with Crippen molar-refractivity contribution in [2.45, 2.75) is 38.9 Å². The van der Waals surface area contributed by atoms with E-state index in [2.05, 4.69) is 26.0 Å². The largest absolute Gasteiger partial charge is 0.344 e. The summed E-state index contributed by atoms with van der Waals surface area (Å²) in [7, 11) is 0. The van der Waals surface area contributed by atoms with Crippen LogP contribution in [0.2, 0.25) is 0 Å². The van der Waals surface area contributed by atoms with Crippen LogP contribution in [0.3, 0.4) is 0 Å². The third-order valence-corrected chi connectivity index (χ3v) is 2.10. The fourth-order valence-corrected chi connectivity index (χ4v) is 1.32. The van der Waals surface area contributed by atoms with E-state index in [1.54, 1.807) is 0 Å². The molecule has 1 aliphatic heterocycles. The van der Waals surface area contributed by atoms with E-state index in [0.717, 1.165) is 26.1 Å². The quantitative estimate of drug-likeness (QED) is 0.603. The van der Waals surface area contributed by atoms with Crippen molar-refractivity contribution in [2.75, 3.05) is 13.2 Å². The van der Waals surface area contributed by atoms with Gasteiger partial charge in [0, 0.05) is 6.42 Å². The molecule has 0 unspecified atom stereocenters. The predicted molar refractivity (Wildman–Crippen MR) is 49.0 cm³/mol. The van der Waals surface area contributed by atoms with Crippen molar-refractivity contribution in [3.8, 4) is 0 Å². The minimum atomic E-state index is -0.394. The number of allylic oxidation sites excluding steroid dienone is 1. The maximum Gasteiger partial charge on any atom is 0.187 e. The molecule has 0 bridgehead atoms. The first kappa shape index (κ1) is 9.75. The zero-order valence-corrected chi connectivity index (χ0v) is 8.01. The van der Waals surface area contributed by atoms with Crippen molar-refractivity contribution in [1.82, 2.24) is 0 Å². The number of hydrogen-bond acceptors (Lipinski definition) is 2. The molecular weight excluding hydrogens is 152 g/mol. The summed E-state index contributed by atoms with van der Waals surface area (Å²) in [5.74, 6) is -0.394. The van der Waals surface area contributed by atoms with Gasteiger partial charge in [0.25, 0.3) is 0 Å². The van der Waals surface area contributed by atoms with Gasteiger partial charge >= 0.3 is 0 Å². The summed E-state index contributed by atoms with van der Waals surface area (Å²) in [6.07, 6.45) is 7.39. The molecule has 0 aliphatic carbocycles. The molecule has 12 heavy (non-hydrogen) atoms. The van der Waals surface area contributed by atoms with E-state index >= 15 is 0 Å². The Bertz CT molecular complexity index is 146. The maximum atomic E-state index is 5.53. The van der Waals surface area contributed by atoms with Gasteiger partial charge in [0.05, 0.1) is 13.2 Å². The van der Waals surface area contributed by atoms with Gasteiger partial charge < -0.3 is 9.47 Å². The summed E-state index contributed by atoms with van der Waals surface area (Å²) in [5, 5.41) is 0. The Kier molecular flexibility index (Phi) is 3.76. The molecular formula is C10H18O2. The Morgan fingerprint density at radius 3 is 2.42 bits per heavy atom. The minimum Gasteiger partial charge on any atom is -0.344 e. The van der Waals surface area contributed by atoms with Gasteiger partial charge in [-0.3, -0.25) is 0 Å². The summed E-state index contributed by atoms with van der Waals surface area (Å²) in [5.41, 5.74) is 0. The average Bonchev–Trinajstić information content (AvgIpc) is 2.55. The van der Waals surface area contributed by atoms with Gasteiger partial charge in [-0.15, -0.1) is 0 Å². The first-order valence-electron chi connectivity index (χ1n) is 4.78. The summed E-state index contributed by atoms with van der Waals surface area (Å²) < 4.78 is 11.1. The monoisotopic (exact) mass is 170 g/mol. The number of rotatable bonds is 4. The van der Waals surface area contributed by atoms with Crippen molar-refractivity contribution in [1.29, 1.82) is 0 Å². The fourth-order valence-electron chi connectivity index (χ4n) is 1.32. The molecule has 0 N–H and O–H groups in total. The van der Waals surface area contributed by atoms with Crippen LogP contribution in [0.15, 0.2) is 12.2 Å². The Hall–Kier alpha value is -0.340. The van der Waals surface area contributed by atoms with Gasteiger partial charge in [-0.25, -0.2) is 0 Å². The molecule has 1 fully saturated rings. The molecule has 2 nitrogen and oxygen atoms in total. The van der Waals surface area contributed by atoms with E-state index in [1.165, 1.54) is 6.42 Å². The average molecular weight is 170 g/mol. The van der Waals surface area contributed by atoms with Crippen LogP contribution < -0.4 is 0 Å². The van der Waals surface area contributed by atoms with E-state index in [4.69, 9.17) is 9.47 Å². The second kappa shape index (κ2) is 4.63. The highest BCUT2D eigenvalue weighted by Gasteiger charge is 2.31. The van der Waals surface area contributed by atoms with Crippen LogP contribution in [0.25, 0.3) is 0 Å². The van der Waals surface area contributed by atoms with E-state index < -0.39 is 5.79 Å². The summed E-state index contributed by atoms with van der Waals surface area (Å²) in [6, 6.07) is 0. The van der Waals surface area contributed by atoms with Crippen molar-refractivity contribution in [3.63, 3.8) is 0 Å². The van der Waals surface area contributed by atoms with Crippen LogP contribution in [0.5, 0.6) is 0 Å². The van der Waals surface area contributed by atoms with Gasteiger partial charge in [0.1, 0.15) is 0 Å². The minimum absolute atomic E-state index is 0.394. The van der Waals surface area contributed by atoms with Crippen LogP contribution in [-0.4, -0.2) is 19.0 Å². The molecule has 1 saturated heterocycles. The van der Waals surface area contributed by atoms with Crippen molar-refractivity contribution < 1.29 is 9.47 Å². The molecule has 1 rings (SSSR count). The van der Waals surface area contributed by atoms with Crippen LogP contribution in [0, 0.1) is 0 Å². The van der Waals surface area contributed by atoms with Gasteiger partial charge in [0.15, 0.2) is 5.79 Å². The van der Waals surface area contributed by atoms with Crippen LogP contribution in [0.1, 0.15) is 33.1 Å². The molecule has 1 heterocycles. The smallest absolute Gasteiger partial charge is 0.187 e. The molecule has 0 spiro atoms. The number of hydrogen-bond donors (Lipinski definition) is 0. The highest BCUT2D eigenvalue weighted by atomic mass is 16.7. The second-order valence-electron chi connectivity index (χ2n) is 3.05. The molecule has 0 amide bonds. The molecule has 0 aromatic heterocycles. The van der Waals surface area contributed by atoms with Crippen molar-refractivity contribution in [3.05, 3.63) is 12.2 Å². The second-order valence-corrected chi connectivity index (χ2v) is 3.05. The lowest BCUT2D eigenvalue weighted by Gasteiger charge is -2.21. The summed E-state index contributed by atoms with van der Waals surface area (Å²) in [6.45, 7) is 5.70. The molecule has 0 saturated carbocycles. The van der Waals surface area contributed by atoms with Crippen molar-refractivity contribution in [2.24, 2.45) is 0 Å². The zero-order chi connectivity index (χ0) is 8.86. The molecule has 0 aromatic carbocycles. The van der Waals surface area contributed by atoms with Crippen LogP contribution in [-0.2, 0) is 9.47 Å². The fraction of sp³-hybridized carbons (Fsp3) is 0.800. The van der Waals surface area contributed by atoms with Crippen LogP contribution in [0.4, 0.5) is 0 Å². The van der Waals surface area contributed by atoms with E-state index in [9.17, 15) is 0 Å². The van der Waals surface area contributed by atoms with E-state index in [-0.39, 0.29) is 0 Å². The molecule has 0 atom stereocenters. The van der Waals surface area contributed by atoms with Gasteiger partial charge in [-0.2, -0.15) is 0 Å². The molecule has 2 heteroatoms. The molecule has 0 aromatic rings. The zero-order valence-electron chi connectivity index (χ0n) is 8.01. The number of unbranched alkanes of at least 4 members (excludes halogenated alkanes) is 1. The van der Waals surface area contributed by atoms with Gasteiger partial charge in [-0.05, 0) is 12.5 Å². The van der Waals surface area contributed by atoms with E-state index in [1.807, 2.05) is 0 Å². The lowest BCUT2D eigenvalue weighted by molar-refractivity contribution is -0.118. The standard InChI is InChI=1S/C10H18O2/c1-3-5-6-7-10(4-2)11-8-9-12-10/h6-7H,3-5,8-9H2,1-2H3. The highest BCUT2D eigenvalue weighted by Crippen LogP contribution is 2.24. The SMILES string of the molecule is CCCC=CC1(CC)OCCO1. The Morgan fingerprint density at radius 2 is 1.92 bits per heavy atom. The lowest BCUT2D eigenvalue weighted by atomic mass is 10.1.